The van der Waals surface area contributed by atoms with Gasteiger partial charge in [0.2, 0.25) is 5.91 Å². The third kappa shape index (κ3) is 4.87. The maximum Gasteiger partial charge on any atom is 0.255 e. The number of amides is 2. The number of rotatable bonds is 4. The second kappa shape index (κ2) is 7.44. The molecule has 2 amide bonds. The van der Waals surface area contributed by atoms with Gasteiger partial charge in [-0.15, -0.1) is 0 Å². The lowest BCUT2D eigenvalue weighted by Gasteiger charge is -2.10. The van der Waals surface area contributed by atoms with Crippen molar-refractivity contribution in [3.63, 3.8) is 0 Å². The van der Waals surface area contributed by atoms with Gasteiger partial charge in [-0.2, -0.15) is 0 Å². The Labute approximate surface area is 151 Å². The first kappa shape index (κ1) is 17.1. The molecule has 2 aromatic carbocycles. The van der Waals surface area contributed by atoms with E-state index in [1.165, 1.54) is 0 Å². The number of benzene rings is 2. The average Bonchev–Trinajstić information content (AvgIpc) is 3.41. The molecule has 1 saturated carbocycles. The summed E-state index contributed by atoms with van der Waals surface area (Å²) >= 11 is 5.13. The molecule has 25 heavy (non-hydrogen) atoms. The molecule has 3 N–H and O–H groups in total. The maximum atomic E-state index is 12.2. The van der Waals surface area contributed by atoms with Gasteiger partial charge in [-0.3, -0.25) is 9.59 Å². The van der Waals surface area contributed by atoms with Gasteiger partial charge in [0.15, 0.2) is 5.11 Å². The zero-order valence-corrected chi connectivity index (χ0v) is 14.7. The van der Waals surface area contributed by atoms with Crippen molar-refractivity contribution in [3.8, 4) is 0 Å². The molecule has 6 heteroatoms. The number of anilines is 2. The van der Waals surface area contributed by atoms with Gasteiger partial charge in [0.05, 0.1) is 0 Å². The van der Waals surface area contributed by atoms with Crippen LogP contribution >= 0.6 is 12.2 Å². The molecule has 0 heterocycles. The zero-order chi connectivity index (χ0) is 17.8. The number of thiocarbonyl (C=S) groups is 1. The van der Waals surface area contributed by atoms with Crippen molar-refractivity contribution in [1.82, 2.24) is 5.32 Å². The van der Waals surface area contributed by atoms with Gasteiger partial charge in [0, 0.05) is 22.9 Å². The minimum Gasteiger partial charge on any atom is -0.332 e. The SMILES string of the molecule is Cc1cccc(C(=O)Nc2ccc(NC(=S)NC(=O)C3CC3)cc2)c1. The molecule has 5 nitrogen and oxygen atoms in total. The first-order valence-corrected chi connectivity index (χ1v) is 8.52. The van der Waals surface area contributed by atoms with E-state index in [0.29, 0.717) is 11.3 Å². The van der Waals surface area contributed by atoms with Crippen LogP contribution in [-0.2, 0) is 4.79 Å². The van der Waals surface area contributed by atoms with E-state index in [4.69, 9.17) is 12.2 Å². The van der Waals surface area contributed by atoms with E-state index in [0.717, 1.165) is 24.1 Å². The molecule has 128 valence electrons. The molecular weight excluding hydrogens is 334 g/mol. The number of carbonyl (C=O) groups excluding carboxylic acids is 2. The van der Waals surface area contributed by atoms with Crippen LogP contribution in [0.4, 0.5) is 11.4 Å². The van der Waals surface area contributed by atoms with Crippen molar-refractivity contribution in [2.75, 3.05) is 10.6 Å². The van der Waals surface area contributed by atoms with E-state index in [-0.39, 0.29) is 22.8 Å². The van der Waals surface area contributed by atoms with Crippen molar-refractivity contribution >= 4 is 40.5 Å². The first-order valence-electron chi connectivity index (χ1n) is 8.11. The summed E-state index contributed by atoms with van der Waals surface area (Å²) in [4.78, 5) is 23.9. The molecule has 0 unspecified atom stereocenters. The summed E-state index contributed by atoms with van der Waals surface area (Å²) in [5, 5.41) is 8.78. The molecule has 1 aliphatic carbocycles. The standard InChI is InChI=1S/C19H19N3O2S/c1-12-3-2-4-14(11-12)18(24)20-15-7-9-16(10-8-15)21-19(25)22-17(23)13-5-6-13/h2-4,7-11,13H,5-6H2,1H3,(H,20,24)(H2,21,22,23,25). The van der Waals surface area contributed by atoms with Crippen LogP contribution in [0.25, 0.3) is 0 Å². The van der Waals surface area contributed by atoms with E-state index in [9.17, 15) is 9.59 Å². The van der Waals surface area contributed by atoms with Crippen LogP contribution in [0, 0.1) is 12.8 Å². The fourth-order valence-electron chi connectivity index (χ4n) is 2.35. The predicted molar refractivity (Wildman–Crippen MR) is 103 cm³/mol. The van der Waals surface area contributed by atoms with Crippen molar-refractivity contribution in [2.45, 2.75) is 19.8 Å². The molecule has 0 atom stereocenters. The van der Waals surface area contributed by atoms with Crippen LogP contribution in [-0.4, -0.2) is 16.9 Å². The van der Waals surface area contributed by atoms with Gasteiger partial charge in [-0.25, -0.2) is 0 Å². The Morgan fingerprint density at radius 1 is 1.00 bits per heavy atom. The van der Waals surface area contributed by atoms with E-state index in [2.05, 4.69) is 16.0 Å². The van der Waals surface area contributed by atoms with Gasteiger partial charge in [0.25, 0.3) is 5.91 Å². The summed E-state index contributed by atoms with van der Waals surface area (Å²) in [5.41, 5.74) is 3.08. The monoisotopic (exact) mass is 353 g/mol. The molecule has 0 aromatic heterocycles. The summed E-state index contributed by atoms with van der Waals surface area (Å²) in [6.07, 6.45) is 1.87. The van der Waals surface area contributed by atoms with Crippen LogP contribution in [0.1, 0.15) is 28.8 Å². The maximum absolute atomic E-state index is 12.2. The number of carbonyl (C=O) groups is 2. The predicted octanol–water partition coefficient (Wildman–Crippen LogP) is 3.47. The normalized spacial score (nSPS) is 13.0. The molecule has 0 saturated heterocycles. The van der Waals surface area contributed by atoms with Gasteiger partial charge in [0.1, 0.15) is 0 Å². The highest BCUT2D eigenvalue weighted by atomic mass is 32.1. The summed E-state index contributed by atoms with van der Waals surface area (Å²) < 4.78 is 0. The van der Waals surface area contributed by atoms with Crippen LogP contribution < -0.4 is 16.0 Å². The highest BCUT2D eigenvalue weighted by molar-refractivity contribution is 7.80. The van der Waals surface area contributed by atoms with Crippen molar-refractivity contribution in [2.24, 2.45) is 5.92 Å². The average molecular weight is 353 g/mol. The lowest BCUT2D eigenvalue weighted by Crippen LogP contribution is -2.35. The Bertz CT molecular complexity index is 814. The third-order valence-electron chi connectivity index (χ3n) is 3.87. The first-order chi connectivity index (χ1) is 12.0. The van der Waals surface area contributed by atoms with Crippen LogP contribution in [0.5, 0.6) is 0 Å². The zero-order valence-electron chi connectivity index (χ0n) is 13.8. The molecule has 1 aliphatic rings. The van der Waals surface area contributed by atoms with Crippen molar-refractivity contribution < 1.29 is 9.59 Å². The number of nitrogens with one attached hydrogen (secondary N) is 3. The Kier molecular flexibility index (Phi) is 5.09. The van der Waals surface area contributed by atoms with Gasteiger partial charge in [-0.05, 0) is 68.4 Å². The lowest BCUT2D eigenvalue weighted by molar-refractivity contribution is -0.120. The Balaban J connectivity index is 1.55. The molecule has 1 fully saturated rings. The van der Waals surface area contributed by atoms with E-state index >= 15 is 0 Å². The molecule has 0 aliphatic heterocycles. The fourth-order valence-corrected chi connectivity index (χ4v) is 2.57. The minimum atomic E-state index is -0.156. The van der Waals surface area contributed by atoms with E-state index < -0.39 is 0 Å². The second-order valence-electron chi connectivity index (χ2n) is 6.12. The van der Waals surface area contributed by atoms with Gasteiger partial charge >= 0.3 is 0 Å². The molecule has 0 radical (unpaired) electrons. The van der Waals surface area contributed by atoms with Crippen LogP contribution in [0.2, 0.25) is 0 Å². The topological polar surface area (TPSA) is 70.2 Å². The summed E-state index contributed by atoms with van der Waals surface area (Å²) in [7, 11) is 0. The number of hydrogen-bond donors (Lipinski definition) is 3. The smallest absolute Gasteiger partial charge is 0.255 e. The molecule has 3 rings (SSSR count). The van der Waals surface area contributed by atoms with Crippen molar-refractivity contribution in [3.05, 3.63) is 59.7 Å². The largest absolute Gasteiger partial charge is 0.332 e. The molecular formula is C19H19N3O2S. The second-order valence-corrected chi connectivity index (χ2v) is 6.53. The minimum absolute atomic E-state index is 0.0282. The number of aryl methyl sites for hydroxylation is 1. The highest BCUT2D eigenvalue weighted by Crippen LogP contribution is 2.28. The Hall–Kier alpha value is -2.73. The summed E-state index contributed by atoms with van der Waals surface area (Å²) in [6.45, 7) is 1.95. The molecule has 2 aromatic rings. The number of hydrogen-bond acceptors (Lipinski definition) is 3. The van der Waals surface area contributed by atoms with Crippen LogP contribution in [0.3, 0.4) is 0 Å². The Morgan fingerprint density at radius 3 is 2.24 bits per heavy atom. The highest BCUT2D eigenvalue weighted by Gasteiger charge is 2.29. The van der Waals surface area contributed by atoms with E-state index in [1.807, 2.05) is 25.1 Å². The lowest BCUT2D eigenvalue weighted by atomic mass is 10.1. The third-order valence-corrected chi connectivity index (χ3v) is 4.07. The van der Waals surface area contributed by atoms with E-state index in [1.54, 1.807) is 30.3 Å². The quantitative estimate of drug-likeness (QED) is 0.736. The van der Waals surface area contributed by atoms with Gasteiger partial charge < -0.3 is 16.0 Å². The Morgan fingerprint density at radius 2 is 1.64 bits per heavy atom. The molecule has 0 spiro atoms. The molecule has 0 bridgehead atoms. The van der Waals surface area contributed by atoms with Crippen LogP contribution in [0.15, 0.2) is 48.5 Å². The summed E-state index contributed by atoms with van der Waals surface area (Å²) in [5.74, 6) is -0.0740. The summed E-state index contributed by atoms with van der Waals surface area (Å²) in [6, 6.07) is 14.6. The van der Waals surface area contributed by atoms with Crippen molar-refractivity contribution in [1.29, 1.82) is 0 Å². The van der Waals surface area contributed by atoms with Gasteiger partial charge in [-0.1, -0.05) is 17.7 Å². The fraction of sp³-hybridized carbons (Fsp3) is 0.211.